The van der Waals surface area contributed by atoms with E-state index >= 15 is 0 Å². The van der Waals surface area contributed by atoms with Gasteiger partial charge in [0.2, 0.25) is 8.46 Å². The van der Waals surface area contributed by atoms with E-state index in [0.717, 1.165) is 12.8 Å². The molecule has 3 unspecified atom stereocenters. The molecule has 0 heterocycles. The quantitative estimate of drug-likeness (QED) is 0.294. The first kappa shape index (κ1) is 20.4. The molecule has 0 bridgehead atoms. The average Bonchev–Trinajstić information content (AvgIpc) is 2.52. The number of carbonyl (C=O) groups is 1. The Balaban J connectivity index is 5.19. The molecule has 0 aliphatic rings. The number of hydrogen-bond donors (Lipinski definition) is 0. The average molecular weight is 318 g/mol. The van der Waals surface area contributed by atoms with Crippen molar-refractivity contribution in [1.29, 1.82) is 0 Å². The van der Waals surface area contributed by atoms with Crippen LogP contribution in [0.5, 0.6) is 0 Å². The van der Waals surface area contributed by atoms with E-state index in [-0.39, 0.29) is 14.2 Å². The van der Waals surface area contributed by atoms with E-state index in [1.165, 1.54) is 6.08 Å². The van der Waals surface area contributed by atoms with Crippen LogP contribution >= 0.6 is 8.46 Å². The summed E-state index contributed by atoms with van der Waals surface area (Å²) in [7, 11) is -0.357. The summed E-state index contributed by atoms with van der Waals surface area (Å²) in [6.45, 7) is 11.8. The number of ketones is 1. The monoisotopic (exact) mass is 318 g/mol. The summed E-state index contributed by atoms with van der Waals surface area (Å²) >= 11 is 0. The lowest BCUT2D eigenvalue weighted by Gasteiger charge is -2.35. The molecule has 0 saturated heterocycles. The van der Waals surface area contributed by atoms with Crippen LogP contribution in [0.2, 0.25) is 0 Å². The van der Waals surface area contributed by atoms with Crippen LogP contribution in [-0.2, 0) is 23.6 Å². The summed E-state index contributed by atoms with van der Waals surface area (Å²) < 4.78 is 28.8. The lowest BCUT2D eigenvalue weighted by atomic mass is 10.2. The topological polar surface area (TPSA) is 61.8 Å². The van der Waals surface area contributed by atoms with Gasteiger partial charge in [0, 0.05) is 6.61 Å². The number of rotatable bonds is 13. The highest BCUT2D eigenvalue weighted by Crippen LogP contribution is 2.35. The molecule has 0 aliphatic carbocycles. The maximum Gasteiger partial charge on any atom is 0.278 e. The Kier molecular flexibility index (Phi) is 10.7. The van der Waals surface area contributed by atoms with Crippen molar-refractivity contribution in [3.63, 3.8) is 0 Å². The predicted octanol–water partition coefficient (Wildman–Crippen LogP) is 3.72. The first-order valence-corrected chi connectivity index (χ1v) is 8.26. The van der Waals surface area contributed by atoms with Gasteiger partial charge in [0.1, 0.15) is 12.2 Å². The molecule has 5 nitrogen and oxygen atoms in total. The molecule has 0 aliphatic heterocycles. The Labute approximate surface area is 129 Å². The normalized spacial score (nSPS) is 17.1. The van der Waals surface area contributed by atoms with Crippen molar-refractivity contribution in [2.45, 2.75) is 64.7 Å². The van der Waals surface area contributed by atoms with Crippen LogP contribution in [0.1, 0.15) is 47.0 Å². The minimum absolute atomic E-state index is 0.256. The zero-order valence-corrected chi connectivity index (χ0v) is 14.4. The molecular weight excluding hydrogens is 291 g/mol. The Morgan fingerprint density at radius 3 is 2.33 bits per heavy atom. The van der Waals surface area contributed by atoms with Gasteiger partial charge in [0.25, 0.3) is 5.53 Å². The maximum atomic E-state index is 11.8. The third kappa shape index (κ3) is 6.35. The van der Waals surface area contributed by atoms with Crippen LogP contribution in [0.15, 0.2) is 12.7 Å². The van der Waals surface area contributed by atoms with E-state index in [0.29, 0.717) is 19.6 Å². The Hall–Kier alpha value is -0.610. The van der Waals surface area contributed by atoms with Crippen molar-refractivity contribution in [2.75, 3.05) is 13.2 Å². The third-order valence-corrected chi connectivity index (χ3v) is 3.78. The van der Waals surface area contributed by atoms with E-state index in [2.05, 4.69) is 6.58 Å². The molecule has 21 heavy (non-hydrogen) atoms. The second kappa shape index (κ2) is 11.0. The van der Waals surface area contributed by atoms with Crippen molar-refractivity contribution in [3.8, 4) is 0 Å². The number of carbonyl (C=O) groups excluding carboxylic acids is 1. The van der Waals surface area contributed by atoms with Crippen molar-refractivity contribution in [1.82, 2.24) is 0 Å². The lowest BCUT2D eigenvalue weighted by Crippen LogP contribution is -2.46. The predicted molar refractivity (Wildman–Crippen MR) is 82.7 cm³/mol. The summed E-state index contributed by atoms with van der Waals surface area (Å²) in [4.78, 5) is 11.8. The first-order chi connectivity index (χ1) is 10.0. The van der Waals surface area contributed by atoms with Crippen LogP contribution in [0.4, 0.5) is 0 Å². The van der Waals surface area contributed by atoms with Gasteiger partial charge in [-0.2, -0.15) is 0 Å². The van der Waals surface area contributed by atoms with Gasteiger partial charge >= 0.3 is 0 Å². The molecule has 0 aromatic rings. The largest absolute Gasteiger partial charge is 0.372 e. The van der Waals surface area contributed by atoms with Crippen molar-refractivity contribution in [2.24, 2.45) is 0 Å². The molecule has 3 atom stereocenters. The zero-order chi connectivity index (χ0) is 16.3. The highest BCUT2D eigenvalue weighted by molar-refractivity contribution is 7.25. The molecule has 6 heteroatoms. The molecule has 0 spiro atoms. The standard InChI is InChI=1S/C15H27O5P/c1-6-10-18-12(5)15(21-17,19-11-7-2)20-14(9-4)13(16)8-3/h8,12,14H,3,6-7,9-11H2,1-2,4-5H3. The molecule has 122 valence electrons. The minimum atomic E-state index is -1.47. The molecule has 0 N–H and O–H groups in total. The molecule has 0 fully saturated rings. The Morgan fingerprint density at radius 1 is 1.29 bits per heavy atom. The summed E-state index contributed by atoms with van der Waals surface area (Å²) in [6, 6.07) is 0. The fourth-order valence-corrected chi connectivity index (χ4v) is 2.23. The third-order valence-electron chi connectivity index (χ3n) is 2.93. The molecule has 0 aromatic carbocycles. The van der Waals surface area contributed by atoms with Gasteiger partial charge in [-0.15, -0.1) is 0 Å². The summed E-state index contributed by atoms with van der Waals surface area (Å²) in [5.41, 5.74) is -1.47. The van der Waals surface area contributed by atoms with E-state index in [9.17, 15) is 9.36 Å². The van der Waals surface area contributed by atoms with E-state index in [4.69, 9.17) is 14.2 Å². The highest BCUT2D eigenvalue weighted by Gasteiger charge is 2.44. The van der Waals surface area contributed by atoms with Gasteiger partial charge in [0.05, 0.1) is 6.61 Å². The fourth-order valence-electron chi connectivity index (χ4n) is 1.70. The van der Waals surface area contributed by atoms with Crippen molar-refractivity contribution >= 4 is 14.2 Å². The van der Waals surface area contributed by atoms with Crippen molar-refractivity contribution in [3.05, 3.63) is 12.7 Å². The molecular formula is C15H27O5P. The van der Waals surface area contributed by atoms with E-state index in [1.54, 1.807) is 6.92 Å². The molecule has 0 radical (unpaired) electrons. The Bertz CT molecular complexity index is 334. The molecule has 0 rings (SSSR count). The second-order valence-corrected chi connectivity index (χ2v) is 5.51. The van der Waals surface area contributed by atoms with Gasteiger partial charge < -0.3 is 14.2 Å². The first-order valence-electron chi connectivity index (χ1n) is 7.45. The highest BCUT2D eigenvalue weighted by atomic mass is 31.1. The van der Waals surface area contributed by atoms with Crippen LogP contribution < -0.4 is 0 Å². The maximum absolute atomic E-state index is 11.8. The fraction of sp³-hybridized carbons (Fsp3) is 0.800. The van der Waals surface area contributed by atoms with Crippen LogP contribution in [0.25, 0.3) is 0 Å². The molecule has 0 aromatic heterocycles. The summed E-state index contributed by atoms with van der Waals surface area (Å²) in [5.74, 6) is -0.256. The van der Waals surface area contributed by atoms with E-state index in [1.807, 2.05) is 20.8 Å². The van der Waals surface area contributed by atoms with E-state index < -0.39 is 17.7 Å². The molecule has 0 amide bonds. The zero-order valence-electron chi connectivity index (χ0n) is 13.5. The van der Waals surface area contributed by atoms with Gasteiger partial charge in [-0.05, 0) is 32.3 Å². The van der Waals surface area contributed by atoms with Crippen LogP contribution in [0.3, 0.4) is 0 Å². The van der Waals surface area contributed by atoms with Gasteiger partial charge in [-0.1, -0.05) is 27.4 Å². The van der Waals surface area contributed by atoms with Crippen LogP contribution in [0, 0.1) is 0 Å². The summed E-state index contributed by atoms with van der Waals surface area (Å²) in [5, 5.41) is 0. The lowest BCUT2D eigenvalue weighted by molar-refractivity contribution is -0.248. The second-order valence-electron chi connectivity index (χ2n) is 4.70. The van der Waals surface area contributed by atoms with Gasteiger partial charge in [-0.25, -0.2) is 0 Å². The van der Waals surface area contributed by atoms with Gasteiger partial charge in [-0.3, -0.25) is 9.36 Å². The number of hydrogen-bond acceptors (Lipinski definition) is 5. The van der Waals surface area contributed by atoms with Crippen LogP contribution in [-0.4, -0.2) is 36.7 Å². The minimum Gasteiger partial charge on any atom is -0.372 e. The number of ether oxygens (including phenoxy) is 3. The summed E-state index contributed by atoms with van der Waals surface area (Å²) in [6.07, 6.45) is 1.92. The smallest absolute Gasteiger partial charge is 0.278 e. The van der Waals surface area contributed by atoms with Gasteiger partial charge in [0.15, 0.2) is 5.78 Å². The SMILES string of the molecule is C=CC(=O)C(CC)OC(OCCC)(P=O)C(C)OCCC. The van der Waals surface area contributed by atoms with Crippen molar-refractivity contribution < 1.29 is 23.6 Å². The Morgan fingerprint density at radius 2 is 1.90 bits per heavy atom. The molecule has 0 saturated carbocycles.